The lowest BCUT2D eigenvalue weighted by atomic mass is 10.0. The maximum Gasteiger partial charge on any atom is 0.229 e. The summed E-state index contributed by atoms with van der Waals surface area (Å²) in [5.41, 5.74) is 3.72. The van der Waals surface area contributed by atoms with Crippen molar-refractivity contribution in [2.45, 2.75) is 12.1 Å². The van der Waals surface area contributed by atoms with Crippen molar-refractivity contribution in [1.82, 2.24) is 19.9 Å². The standard InChI is InChI=1S/C27H24N6O3S3/c1-36-22-13-12-17(16-20(22)31-39(2,34)35)33-25(24(30-26(33)37)19-9-5-6-14-28-19)21-10-7-15-32(21)27-29-18-8-3-4-11-23(18)38-27/h3-16,24-25,31H,1-2H3,(H,30,37)/t24-,25-/m1/s1. The molecule has 1 aliphatic rings. The first-order valence-electron chi connectivity index (χ1n) is 12.0. The predicted octanol–water partition coefficient (Wildman–Crippen LogP) is 5.04. The minimum Gasteiger partial charge on any atom is -0.495 e. The van der Waals surface area contributed by atoms with E-state index in [9.17, 15) is 8.42 Å². The van der Waals surface area contributed by atoms with Crippen LogP contribution in [0, 0.1) is 0 Å². The van der Waals surface area contributed by atoms with E-state index in [0.717, 1.165) is 33.0 Å². The Morgan fingerprint density at radius 2 is 1.90 bits per heavy atom. The molecule has 0 saturated carbocycles. The summed E-state index contributed by atoms with van der Waals surface area (Å²) in [6.07, 6.45) is 4.85. The van der Waals surface area contributed by atoms with Gasteiger partial charge in [-0.2, -0.15) is 0 Å². The zero-order valence-electron chi connectivity index (χ0n) is 21.0. The number of hydrogen-bond donors (Lipinski definition) is 2. The number of methoxy groups -OCH3 is 1. The van der Waals surface area contributed by atoms with Crippen LogP contribution in [0.1, 0.15) is 23.5 Å². The fraction of sp³-hybridized carbons (Fsp3) is 0.148. The van der Waals surface area contributed by atoms with Crippen molar-refractivity contribution < 1.29 is 13.2 Å². The van der Waals surface area contributed by atoms with E-state index in [4.69, 9.17) is 21.9 Å². The molecule has 9 nitrogen and oxygen atoms in total. The molecule has 39 heavy (non-hydrogen) atoms. The highest BCUT2D eigenvalue weighted by atomic mass is 32.2. The van der Waals surface area contributed by atoms with E-state index < -0.39 is 10.0 Å². The molecule has 3 aromatic heterocycles. The third kappa shape index (κ3) is 4.82. The number of nitrogens with one attached hydrogen (secondary N) is 2. The molecule has 1 fully saturated rings. The van der Waals surface area contributed by atoms with E-state index in [-0.39, 0.29) is 12.1 Å². The molecule has 0 unspecified atom stereocenters. The van der Waals surface area contributed by atoms with Crippen LogP contribution in [0.2, 0.25) is 0 Å². The first kappa shape index (κ1) is 25.3. The van der Waals surface area contributed by atoms with E-state index >= 15 is 0 Å². The monoisotopic (exact) mass is 576 g/mol. The van der Waals surface area contributed by atoms with Crippen LogP contribution >= 0.6 is 23.6 Å². The minimum atomic E-state index is -3.55. The molecule has 2 aromatic carbocycles. The van der Waals surface area contributed by atoms with Crippen molar-refractivity contribution in [1.29, 1.82) is 0 Å². The Kier molecular flexibility index (Phi) is 6.45. The van der Waals surface area contributed by atoms with Gasteiger partial charge in [0.15, 0.2) is 10.2 Å². The molecule has 5 aromatic rings. The molecule has 198 valence electrons. The molecule has 2 N–H and O–H groups in total. The molecule has 0 aliphatic carbocycles. The number of rotatable bonds is 7. The quantitative estimate of drug-likeness (QED) is 0.260. The number of para-hydroxylation sites is 1. The smallest absolute Gasteiger partial charge is 0.229 e. The highest BCUT2D eigenvalue weighted by molar-refractivity contribution is 7.92. The molecule has 0 radical (unpaired) electrons. The van der Waals surface area contributed by atoms with Crippen LogP contribution in [-0.2, 0) is 10.0 Å². The van der Waals surface area contributed by atoms with Gasteiger partial charge in [-0.15, -0.1) is 0 Å². The van der Waals surface area contributed by atoms with Crippen LogP contribution in [0.15, 0.2) is 85.2 Å². The molecule has 0 amide bonds. The van der Waals surface area contributed by atoms with Crippen LogP contribution in [-0.4, -0.2) is 41.4 Å². The van der Waals surface area contributed by atoms with Gasteiger partial charge in [-0.25, -0.2) is 13.4 Å². The lowest BCUT2D eigenvalue weighted by Gasteiger charge is -2.29. The van der Waals surface area contributed by atoms with Crippen LogP contribution in [0.25, 0.3) is 15.3 Å². The van der Waals surface area contributed by atoms with Gasteiger partial charge < -0.3 is 15.0 Å². The summed E-state index contributed by atoms with van der Waals surface area (Å²) in [5.74, 6) is 0.401. The summed E-state index contributed by atoms with van der Waals surface area (Å²) in [6, 6.07) is 22.6. The number of fused-ring (bicyclic) bond motifs is 1. The molecule has 12 heteroatoms. The molecule has 4 heterocycles. The maximum absolute atomic E-state index is 12.1. The number of aromatic nitrogens is 3. The summed E-state index contributed by atoms with van der Waals surface area (Å²) in [5, 5.41) is 4.78. The zero-order chi connectivity index (χ0) is 27.1. The Hall–Kier alpha value is -4.00. The average Bonchev–Trinajstić information content (AvgIpc) is 3.64. The second-order valence-electron chi connectivity index (χ2n) is 9.02. The predicted molar refractivity (Wildman–Crippen MR) is 158 cm³/mol. The topological polar surface area (TPSA) is 101 Å². The lowest BCUT2D eigenvalue weighted by molar-refractivity contribution is 0.417. The molecule has 6 rings (SSSR count). The second kappa shape index (κ2) is 9.95. The third-order valence-corrected chi connectivity index (χ3v) is 8.37. The largest absolute Gasteiger partial charge is 0.495 e. The van der Waals surface area contributed by atoms with Crippen LogP contribution in [0.3, 0.4) is 0 Å². The minimum absolute atomic E-state index is 0.282. The number of benzene rings is 2. The highest BCUT2D eigenvalue weighted by Crippen LogP contribution is 2.44. The first-order chi connectivity index (χ1) is 18.8. The maximum atomic E-state index is 12.1. The van der Waals surface area contributed by atoms with Crippen molar-refractivity contribution in [2.75, 3.05) is 23.0 Å². The number of ether oxygens (including phenoxy) is 1. The van der Waals surface area contributed by atoms with Gasteiger partial charge in [0.2, 0.25) is 10.0 Å². The number of hydrogen-bond acceptors (Lipinski definition) is 7. The van der Waals surface area contributed by atoms with E-state index in [0.29, 0.717) is 22.2 Å². The summed E-state index contributed by atoms with van der Waals surface area (Å²) in [6.45, 7) is 0. The second-order valence-corrected chi connectivity index (χ2v) is 12.2. The average molecular weight is 577 g/mol. The first-order valence-corrected chi connectivity index (χ1v) is 15.1. The van der Waals surface area contributed by atoms with E-state index in [2.05, 4.69) is 31.7 Å². The Morgan fingerprint density at radius 1 is 1.08 bits per heavy atom. The van der Waals surface area contributed by atoms with Crippen molar-refractivity contribution in [3.05, 3.63) is 96.6 Å². The fourth-order valence-corrected chi connectivity index (χ4v) is 6.71. The summed E-state index contributed by atoms with van der Waals surface area (Å²) in [7, 11) is -2.05. The van der Waals surface area contributed by atoms with Gasteiger partial charge in [0.1, 0.15) is 11.8 Å². The Morgan fingerprint density at radius 3 is 2.64 bits per heavy atom. The summed E-state index contributed by atoms with van der Waals surface area (Å²) >= 11 is 7.48. The number of nitrogens with zero attached hydrogens (tertiary/aromatic N) is 4. The molecular formula is C27H24N6O3S3. The number of sulfonamides is 1. The third-order valence-electron chi connectivity index (χ3n) is 6.43. The van der Waals surface area contributed by atoms with Crippen LogP contribution in [0.4, 0.5) is 11.4 Å². The van der Waals surface area contributed by atoms with Crippen molar-refractivity contribution in [2.24, 2.45) is 0 Å². The number of anilines is 2. The highest BCUT2D eigenvalue weighted by Gasteiger charge is 2.42. The number of thiazole rings is 1. The van der Waals surface area contributed by atoms with E-state index in [1.165, 1.54) is 7.11 Å². The fourth-order valence-electron chi connectivity index (χ4n) is 4.83. The van der Waals surface area contributed by atoms with Crippen LogP contribution in [0.5, 0.6) is 5.75 Å². The lowest BCUT2D eigenvalue weighted by Crippen LogP contribution is -2.30. The van der Waals surface area contributed by atoms with Crippen molar-refractivity contribution >= 4 is 60.3 Å². The summed E-state index contributed by atoms with van der Waals surface area (Å²) < 4.78 is 35.3. The number of thiocarbonyl (C=S) groups is 1. The SMILES string of the molecule is COc1ccc(N2C(=S)N[C@H](c3ccccn3)[C@H]2c2cccn2-c2nc3ccccc3s2)cc1NS(C)(=O)=O. The summed E-state index contributed by atoms with van der Waals surface area (Å²) in [4.78, 5) is 11.5. The van der Waals surface area contributed by atoms with Crippen LogP contribution < -0.4 is 19.7 Å². The molecule has 1 aliphatic heterocycles. The van der Waals surface area contributed by atoms with Crippen molar-refractivity contribution in [3.8, 4) is 10.9 Å². The van der Waals surface area contributed by atoms with Gasteiger partial charge in [0.05, 0.1) is 46.7 Å². The Bertz CT molecular complexity index is 1750. The van der Waals surface area contributed by atoms with Gasteiger partial charge >= 0.3 is 0 Å². The van der Waals surface area contributed by atoms with E-state index in [1.807, 2.05) is 59.6 Å². The van der Waals surface area contributed by atoms with Gasteiger partial charge in [-0.3, -0.25) is 14.3 Å². The Labute approximate surface area is 235 Å². The molecule has 0 spiro atoms. The van der Waals surface area contributed by atoms with Gasteiger partial charge in [0, 0.05) is 18.1 Å². The molecule has 2 atom stereocenters. The molecule has 0 bridgehead atoms. The normalized spacial score (nSPS) is 17.4. The van der Waals surface area contributed by atoms with Crippen molar-refractivity contribution in [3.63, 3.8) is 0 Å². The number of pyridine rings is 1. The van der Waals surface area contributed by atoms with Gasteiger partial charge in [0.25, 0.3) is 0 Å². The van der Waals surface area contributed by atoms with Gasteiger partial charge in [-0.1, -0.05) is 29.5 Å². The zero-order valence-corrected chi connectivity index (χ0v) is 23.4. The van der Waals surface area contributed by atoms with Gasteiger partial charge in [-0.05, 0) is 66.8 Å². The Balaban J connectivity index is 1.51. The molecular weight excluding hydrogens is 553 g/mol. The molecule has 1 saturated heterocycles. The van der Waals surface area contributed by atoms with E-state index in [1.54, 1.807) is 29.7 Å².